The van der Waals surface area contributed by atoms with Crippen molar-refractivity contribution in [3.8, 4) is 5.75 Å². The number of rotatable bonds is 6. The summed E-state index contributed by atoms with van der Waals surface area (Å²) in [4.78, 5) is 0. The van der Waals surface area contributed by atoms with Crippen molar-refractivity contribution in [2.24, 2.45) is 0 Å². The van der Waals surface area contributed by atoms with Crippen molar-refractivity contribution < 1.29 is 17.9 Å². The first-order chi connectivity index (χ1) is 8.45. The molecule has 0 aliphatic carbocycles. The summed E-state index contributed by atoms with van der Waals surface area (Å²) in [5.41, 5.74) is 4.63. The molecule has 1 aromatic carbocycles. The maximum Gasteiger partial charge on any atom is 0.420 e. The van der Waals surface area contributed by atoms with Crippen LogP contribution in [-0.2, 0) is 6.18 Å². The van der Waals surface area contributed by atoms with Crippen molar-refractivity contribution in [1.29, 1.82) is 0 Å². The Balaban J connectivity index is 2.65. The largest absolute Gasteiger partial charge is 0.493 e. The lowest BCUT2D eigenvalue weighted by molar-refractivity contribution is -0.138. The topological polar surface area (TPSA) is 35.2 Å². The summed E-state index contributed by atoms with van der Waals surface area (Å²) in [5.74, 6) is 1.72. The number of benzene rings is 1. The van der Waals surface area contributed by atoms with Gasteiger partial charge < -0.3 is 10.5 Å². The molecule has 0 radical (unpaired) electrons. The van der Waals surface area contributed by atoms with Crippen LogP contribution >= 0.6 is 11.8 Å². The maximum absolute atomic E-state index is 12.7. The Morgan fingerprint density at radius 3 is 2.67 bits per heavy atom. The number of halogens is 3. The number of nitrogens with two attached hydrogens (primary N) is 1. The van der Waals surface area contributed by atoms with Gasteiger partial charge in [0.25, 0.3) is 0 Å². The minimum atomic E-state index is -4.44. The van der Waals surface area contributed by atoms with E-state index in [0.717, 1.165) is 24.0 Å². The highest BCUT2D eigenvalue weighted by Crippen LogP contribution is 2.37. The number of hydrogen-bond donors (Lipinski definition) is 1. The molecule has 2 N–H and O–H groups in total. The Bertz CT molecular complexity index is 382. The van der Waals surface area contributed by atoms with Gasteiger partial charge in [-0.1, -0.05) is 6.92 Å². The molecule has 0 aromatic heterocycles. The lowest BCUT2D eigenvalue weighted by atomic mass is 10.1. The molecule has 1 aromatic rings. The maximum atomic E-state index is 12.7. The van der Waals surface area contributed by atoms with E-state index < -0.39 is 11.7 Å². The second-order valence-corrected chi connectivity index (χ2v) is 5.05. The highest BCUT2D eigenvalue weighted by molar-refractivity contribution is 7.99. The van der Waals surface area contributed by atoms with Gasteiger partial charge in [-0.15, -0.1) is 0 Å². The minimum absolute atomic E-state index is 0.0798. The molecule has 0 aliphatic heterocycles. The van der Waals surface area contributed by atoms with E-state index in [0.29, 0.717) is 0 Å². The van der Waals surface area contributed by atoms with E-state index in [-0.39, 0.29) is 18.0 Å². The van der Waals surface area contributed by atoms with E-state index in [1.165, 1.54) is 12.1 Å². The minimum Gasteiger partial charge on any atom is -0.493 e. The summed E-state index contributed by atoms with van der Waals surface area (Å²) in [5, 5.41) is 0. The number of ether oxygens (including phenoxy) is 1. The number of hydrogen-bond acceptors (Lipinski definition) is 3. The Labute approximate surface area is 109 Å². The third-order valence-corrected chi connectivity index (χ3v) is 3.19. The zero-order chi connectivity index (χ0) is 13.6. The first kappa shape index (κ1) is 15.0. The van der Waals surface area contributed by atoms with Crippen LogP contribution in [0.4, 0.5) is 18.9 Å². The molecular weight excluding hydrogens is 263 g/mol. The molecule has 102 valence electrons. The van der Waals surface area contributed by atoms with E-state index in [9.17, 15) is 13.2 Å². The van der Waals surface area contributed by atoms with E-state index in [1.54, 1.807) is 11.8 Å². The lowest BCUT2D eigenvalue weighted by Gasteiger charge is -2.14. The summed E-state index contributed by atoms with van der Waals surface area (Å²) in [7, 11) is 0. The van der Waals surface area contributed by atoms with Gasteiger partial charge in [0.2, 0.25) is 0 Å². The van der Waals surface area contributed by atoms with E-state index in [4.69, 9.17) is 10.5 Å². The molecule has 0 saturated carbocycles. The predicted molar refractivity (Wildman–Crippen MR) is 69.0 cm³/mol. The average molecular weight is 279 g/mol. The van der Waals surface area contributed by atoms with Crippen LogP contribution in [-0.4, -0.2) is 18.1 Å². The van der Waals surface area contributed by atoms with Gasteiger partial charge in [-0.2, -0.15) is 24.9 Å². The van der Waals surface area contributed by atoms with Crippen LogP contribution < -0.4 is 10.5 Å². The summed E-state index contributed by atoms with van der Waals surface area (Å²) in [6, 6.07) is 3.58. The van der Waals surface area contributed by atoms with Gasteiger partial charge in [0.1, 0.15) is 5.75 Å². The molecule has 0 bridgehead atoms. The van der Waals surface area contributed by atoms with Crippen molar-refractivity contribution in [3.05, 3.63) is 23.8 Å². The normalized spacial score (nSPS) is 11.6. The van der Waals surface area contributed by atoms with Crippen LogP contribution in [0.2, 0.25) is 0 Å². The molecule has 1 rings (SSSR count). The standard InChI is InChI=1S/C12H16F3NOS/c1-2-18-7-3-6-17-11-5-4-9(16)8-10(11)12(13,14)15/h4-5,8H,2-3,6-7,16H2,1H3. The molecule has 0 spiro atoms. The molecule has 0 unspecified atom stereocenters. The van der Waals surface area contributed by atoms with Crippen LogP contribution in [0.3, 0.4) is 0 Å². The quantitative estimate of drug-likeness (QED) is 0.635. The zero-order valence-electron chi connectivity index (χ0n) is 10.1. The fourth-order valence-electron chi connectivity index (χ4n) is 1.38. The molecule has 0 aliphatic rings. The van der Waals surface area contributed by atoms with E-state index in [2.05, 4.69) is 0 Å². The Hall–Kier alpha value is -1.04. The third kappa shape index (κ3) is 4.68. The molecule has 0 heterocycles. The number of thioether (sulfide) groups is 1. The number of anilines is 1. The summed E-state index contributed by atoms with van der Waals surface area (Å²) < 4.78 is 43.3. The van der Waals surface area contributed by atoms with Gasteiger partial charge in [-0.25, -0.2) is 0 Å². The van der Waals surface area contributed by atoms with Crippen molar-refractivity contribution in [2.45, 2.75) is 19.5 Å². The van der Waals surface area contributed by atoms with Crippen LogP contribution in [0.15, 0.2) is 18.2 Å². The highest BCUT2D eigenvalue weighted by atomic mass is 32.2. The van der Waals surface area contributed by atoms with Gasteiger partial charge in [-0.3, -0.25) is 0 Å². The lowest BCUT2D eigenvalue weighted by Crippen LogP contribution is -2.10. The van der Waals surface area contributed by atoms with Crippen LogP contribution in [0.25, 0.3) is 0 Å². The first-order valence-corrected chi connectivity index (χ1v) is 6.78. The van der Waals surface area contributed by atoms with Gasteiger partial charge in [-0.05, 0) is 36.1 Å². The van der Waals surface area contributed by atoms with Gasteiger partial charge in [0.15, 0.2) is 0 Å². The van der Waals surface area contributed by atoms with Crippen molar-refractivity contribution in [2.75, 3.05) is 23.8 Å². The summed E-state index contributed by atoms with van der Waals surface area (Å²) in [6.07, 6.45) is -3.72. The molecule has 6 heteroatoms. The Morgan fingerprint density at radius 2 is 2.06 bits per heavy atom. The van der Waals surface area contributed by atoms with Crippen LogP contribution in [0.5, 0.6) is 5.75 Å². The van der Waals surface area contributed by atoms with Crippen molar-refractivity contribution >= 4 is 17.4 Å². The SMILES string of the molecule is CCSCCCOc1ccc(N)cc1C(F)(F)F. The second kappa shape index (κ2) is 6.78. The average Bonchev–Trinajstić information content (AvgIpc) is 2.29. The van der Waals surface area contributed by atoms with Gasteiger partial charge in [0, 0.05) is 5.69 Å². The Kier molecular flexibility index (Phi) is 5.65. The summed E-state index contributed by atoms with van der Waals surface area (Å²) >= 11 is 1.73. The first-order valence-electron chi connectivity index (χ1n) is 5.62. The van der Waals surface area contributed by atoms with Gasteiger partial charge in [0.05, 0.1) is 12.2 Å². The van der Waals surface area contributed by atoms with E-state index >= 15 is 0 Å². The monoisotopic (exact) mass is 279 g/mol. The van der Waals surface area contributed by atoms with Crippen molar-refractivity contribution in [1.82, 2.24) is 0 Å². The van der Waals surface area contributed by atoms with Crippen molar-refractivity contribution in [3.63, 3.8) is 0 Å². The molecule has 0 atom stereocenters. The molecule has 0 amide bonds. The Morgan fingerprint density at radius 1 is 1.33 bits per heavy atom. The third-order valence-electron chi connectivity index (χ3n) is 2.20. The zero-order valence-corrected chi connectivity index (χ0v) is 10.9. The highest BCUT2D eigenvalue weighted by Gasteiger charge is 2.34. The van der Waals surface area contributed by atoms with Crippen LogP contribution in [0.1, 0.15) is 18.9 Å². The smallest absolute Gasteiger partial charge is 0.420 e. The molecule has 18 heavy (non-hydrogen) atoms. The van der Waals surface area contributed by atoms with Gasteiger partial charge >= 0.3 is 6.18 Å². The fraction of sp³-hybridized carbons (Fsp3) is 0.500. The molecule has 2 nitrogen and oxygen atoms in total. The van der Waals surface area contributed by atoms with Crippen LogP contribution in [0, 0.1) is 0 Å². The van der Waals surface area contributed by atoms with E-state index in [1.807, 2.05) is 6.92 Å². The number of nitrogen functional groups attached to an aromatic ring is 1. The molecule has 0 fully saturated rings. The number of alkyl halides is 3. The molecular formula is C12H16F3NOS. The molecule has 0 saturated heterocycles. The fourth-order valence-corrected chi connectivity index (χ4v) is 1.99. The summed E-state index contributed by atoms with van der Waals surface area (Å²) in [6.45, 7) is 2.31. The predicted octanol–water partition coefficient (Wildman–Crippen LogP) is 3.81. The second-order valence-electron chi connectivity index (χ2n) is 3.65.